The molecular weight excluding hydrogens is 392 g/mol. The number of para-hydroxylation sites is 1. The standard InChI is InChI=1S/C25H22N2O4/c1-13-7-5-8-14(2)20(13)27-23(30)18-17-11-6-12-26(17)25(19(18)24(27)31)21(28)15-9-3-4-10-16(15)22(25)29/h3-5,7-10,17-19H,6,11-12H2,1-2H3/p+1/t17-,18+,19+/m1/s1. The van der Waals surface area contributed by atoms with Crippen LogP contribution in [0, 0.1) is 25.7 Å². The van der Waals surface area contributed by atoms with E-state index in [9.17, 15) is 19.2 Å². The number of anilines is 1. The lowest BCUT2D eigenvalue weighted by Crippen LogP contribution is -3.22. The van der Waals surface area contributed by atoms with Gasteiger partial charge in [-0.05, 0) is 25.0 Å². The Morgan fingerprint density at radius 2 is 1.48 bits per heavy atom. The van der Waals surface area contributed by atoms with Gasteiger partial charge in [-0.3, -0.25) is 19.2 Å². The minimum Gasteiger partial charge on any atom is -0.313 e. The zero-order chi connectivity index (χ0) is 21.7. The lowest BCUT2D eigenvalue weighted by atomic mass is 9.76. The van der Waals surface area contributed by atoms with Gasteiger partial charge in [0, 0.05) is 24.0 Å². The Morgan fingerprint density at radius 3 is 2.10 bits per heavy atom. The molecule has 3 fully saturated rings. The van der Waals surface area contributed by atoms with Gasteiger partial charge in [0.05, 0.1) is 12.2 Å². The number of imide groups is 1. The van der Waals surface area contributed by atoms with Crippen LogP contribution >= 0.6 is 0 Å². The smallest absolute Gasteiger partial charge is 0.245 e. The Hall–Kier alpha value is -3.12. The lowest BCUT2D eigenvalue weighted by Gasteiger charge is -2.32. The number of nitrogens with one attached hydrogen (secondary N) is 1. The van der Waals surface area contributed by atoms with E-state index >= 15 is 0 Å². The zero-order valence-electron chi connectivity index (χ0n) is 17.5. The number of carbonyl (C=O) groups excluding carboxylic acids is 4. The van der Waals surface area contributed by atoms with Crippen molar-refractivity contribution in [2.75, 3.05) is 11.4 Å². The molecule has 156 valence electrons. The fourth-order valence-electron chi connectivity index (χ4n) is 6.87. The molecule has 0 aromatic heterocycles. The van der Waals surface area contributed by atoms with Crippen LogP contribution in [0.5, 0.6) is 0 Å². The van der Waals surface area contributed by atoms with E-state index in [-0.39, 0.29) is 23.5 Å². The number of amides is 2. The number of quaternary nitrogens is 1. The van der Waals surface area contributed by atoms with Gasteiger partial charge in [0.1, 0.15) is 17.9 Å². The van der Waals surface area contributed by atoms with Gasteiger partial charge in [-0.15, -0.1) is 0 Å². The van der Waals surface area contributed by atoms with E-state index in [0.717, 1.165) is 28.9 Å². The number of carbonyl (C=O) groups is 4. The molecule has 6 rings (SSSR count). The first-order chi connectivity index (χ1) is 14.9. The molecular formula is C25H23N2O4+. The molecule has 3 heterocycles. The highest BCUT2D eigenvalue weighted by atomic mass is 16.2. The summed E-state index contributed by atoms with van der Waals surface area (Å²) in [7, 11) is 0. The number of hydrogen-bond acceptors (Lipinski definition) is 4. The van der Waals surface area contributed by atoms with Crippen LogP contribution in [0.1, 0.15) is 44.7 Å². The number of benzene rings is 2. The van der Waals surface area contributed by atoms with Gasteiger partial charge < -0.3 is 4.90 Å². The van der Waals surface area contributed by atoms with Crippen molar-refractivity contribution < 1.29 is 24.1 Å². The van der Waals surface area contributed by atoms with Crippen molar-refractivity contribution in [1.29, 1.82) is 0 Å². The topological polar surface area (TPSA) is 76.0 Å². The first kappa shape index (κ1) is 18.6. The van der Waals surface area contributed by atoms with E-state index in [4.69, 9.17) is 0 Å². The average molecular weight is 415 g/mol. The summed E-state index contributed by atoms with van der Waals surface area (Å²) in [5.41, 5.74) is 1.52. The number of Topliss-reactive ketones (excluding diaryl/α,β-unsaturated/α-hetero) is 2. The van der Waals surface area contributed by atoms with E-state index in [2.05, 4.69) is 0 Å². The van der Waals surface area contributed by atoms with Crippen LogP contribution in [0.4, 0.5) is 5.69 Å². The Bertz CT molecular complexity index is 1160. The number of fused-ring (bicyclic) bond motifs is 6. The molecule has 2 aromatic rings. The molecule has 1 unspecified atom stereocenters. The summed E-state index contributed by atoms with van der Waals surface area (Å²) in [5.74, 6) is -2.80. The number of hydrogen-bond donors (Lipinski definition) is 1. The first-order valence-electron chi connectivity index (χ1n) is 10.9. The van der Waals surface area contributed by atoms with Gasteiger partial charge in [0.25, 0.3) is 0 Å². The lowest BCUT2D eigenvalue weighted by molar-refractivity contribution is -0.930. The van der Waals surface area contributed by atoms with Crippen LogP contribution < -0.4 is 9.80 Å². The van der Waals surface area contributed by atoms with E-state index in [0.29, 0.717) is 23.4 Å². The van der Waals surface area contributed by atoms with Crippen molar-refractivity contribution in [3.63, 3.8) is 0 Å². The Balaban J connectivity index is 1.57. The molecule has 2 amide bonds. The summed E-state index contributed by atoms with van der Waals surface area (Å²) in [6.45, 7) is 4.39. The van der Waals surface area contributed by atoms with Gasteiger partial charge in [0.15, 0.2) is 0 Å². The molecule has 2 aromatic carbocycles. The Kier molecular flexibility index (Phi) is 3.59. The molecule has 31 heavy (non-hydrogen) atoms. The Morgan fingerprint density at radius 1 is 0.871 bits per heavy atom. The van der Waals surface area contributed by atoms with E-state index in [1.54, 1.807) is 24.3 Å². The van der Waals surface area contributed by atoms with Gasteiger partial charge in [-0.1, -0.05) is 42.5 Å². The summed E-state index contributed by atoms with van der Waals surface area (Å²) in [6, 6.07) is 12.3. The molecule has 6 heteroatoms. The summed E-state index contributed by atoms with van der Waals surface area (Å²) in [4.78, 5) is 57.4. The highest BCUT2D eigenvalue weighted by Crippen LogP contribution is 2.49. The molecule has 4 atom stereocenters. The monoisotopic (exact) mass is 415 g/mol. The van der Waals surface area contributed by atoms with Crippen LogP contribution in [0.25, 0.3) is 0 Å². The van der Waals surface area contributed by atoms with Crippen molar-refractivity contribution >= 4 is 29.1 Å². The third kappa shape index (κ3) is 1.97. The SMILES string of the molecule is Cc1cccc(C)c1N1C(=O)[C@H]2[C@H]3CCC[NH+]3C3(C(=O)c4ccccc4C3=O)[C@@H]2C1=O. The fourth-order valence-corrected chi connectivity index (χ4v) is 6.87. The van der Waals surface area contributed by atoms with E-state index < -0.39 is 23.3 Å². The summed E-state index contributed by atoms with van der Waals surface area (Å²) < 4.78 is 0. The third-order valence-electron chi connectivity index (χ3n) is 7.96. The molecule has 3 saturated heterocycles. The maximum atomic E-state index is 13.9. The predicted octanol–water partition coefficient (Wildman–Crippen LogP) is 1.29. The molecule has 4 aliphatic rings. The van der Waals surface area contributed by atoms with Crippen molar-refractivity contribution in [1.82, 2.24) is 0 Å². The number of rotatable bonds is 1. The van der Waals surface area contributed by atoms with Gasteiger partial charge in [-0.25, -0.2) is 4.90 Å². The maximum absolute atomic E-state index is 13.9. The van der Waals surface area contributed by atoms with Crippen LogP contribution in [-0.2, 0) is 9.59 Å². The highest BCUT2D eigenvalue weighted by molar-refractivity contribution is 6.36. The van der Waals surface area contributed by atoms with Gasteiger partial charge in [-0.2, -0.15) is 0 Å². The average Bonchev–Trinajstić information content (AvgIpc) is 3.44. The maximum Gasteiger partial charge on any atom is 0.245 e. The number of ketones is 2. The molecule has 3 aliphatic heterocycles. The molecule has 0 bridgehead atoms. The van der Waals surface area contributed by atoms with Crippen LogP contribution in [0.2, 0.25) is 0 Å². The quantitative estimate of drug-likeness (QED) is 0.563. The van der Waals surface area contributed by atoms with Crippen molar-refractivity contribution in [2.45, 2.75) is 38.3 Å². The summed E-state index contributed by atoms with van der Waals surface area (Å²) >= 11 is 0. The van der Waals surface area contributed by atoms with Crippen molar-refractivity contribution in [3.8, 4) is 0 Å². The molecule has 1 N–H and O–H groups in total. The van der Waals surface area contributed by atoms with Gasteiger partial charge >= 0.3 is 0 Å². The molecule has 6 nitrogen and oxygen atoms in total. The summed E-state index contributed by atoms with van der Waals surface area (Å²) in [5, 5.41) is 0. The minimum atomic E-state index is -1.51. The largest absolute Gasteiger partial charge is 0.313 e. The van der Waals surface area contributed by atoms with Crippen LogP contribution in [0.3, 0.4) is 0 Å². The molecule has 1 spiro atoms. The fraction of sp³-hybridized carbons (Fsp3) is 0.360. The second kappa shape index (κ2) is 5.98. The van der Waals surface area contributed by atoms with Crippen molar-refractivity contribution in [2.24, 2.45) is 11.8 Å². The van der Waals surface area contributed by atoms with Crippen LogP contribution in [0.15, 0.2) is 42.5 Å². The second-order valence-corrected chi connectivity index (χ2v) is 9.29. The minimum absolute atomic E-state index is 0.182. The molecule has 0 saturated carbocycles. The highest BCUT2D eigenvalue weighted by Gasteiger charge is 2.80. The zero-order valence-corrected chi connectivity index (χ0v) is 17.5. The van der Waals surface area contributed by atoms with Gasteiger partial charge in [0.2, 0.25) is 28.9 Å². The molecule has 0 radical (unpaired) electrons. The second-order valence-electron chi connectivity index (χ2n) is 9.29. The third-order valence-corrected chi connectivity index (χ3v) is 7.96. The van der Waals surface area contributed by atoms with Crippen LogP contribution in [-0.4, -0.2) is 41.5 Å². The number of aryl methyl sites for hydroxylation is 2. The predicted molar refractivity (Wildman–Crippen MR) is 112 cm³/mol. The Labute approximate surface area is 179 Å². The normalized spacial score (nSPS) is 30.3. The first-order valence-corrected chi connectivity index (χ1v) is 10.9. The van der Waals surface area contributed by atoms with E-state index in [1.807, 2.05) is 32.0 Å². The summed E-state index contributed by atoms with van der Waals surface area (Å²) in [6.07, 6.45) is 1.58. The van der Waals surface area contributed by atoms with E-state index in [1.165, 1.54) is 4.90 Å². The molecule has 1 aliphatic carbocycles. The number of nitrogens with zero attached hydrogens (tertiary/aromatic N) is 1. The van der Waals surface area contributed by atoms with Crippen molar-refractivity contribution in [3.05, 3.63) is 64.7 Å².